The van der Waals surface area contributed by atoms with Gasteiger partial charge in [0.2, 0.25) is 0 Å². The zero-order chi connectivity index (χ0) is 15.4. The van der Waals surface area contributed by atoms with Crippen LogP contribution in [0, 0.1) is 0 Å². The second-order valence-corrected chi connectivity index (χ2v) is 6.08. The van der Waals surface area contributed by atoms with Crippen LogP contribution < -0.4 is 9.47 Å². The van der Waals surface area contributed by atoms with Gasteiger partial charge < -0.3 is 9.47 Å². The molecule has 0 unspecified atom stereocenters. The molecule has 0 radical (unpaired) electrons. The predicted octanol–water partition coefficient (Wildman–Crippen LogP) is 4.90. The number of ether oxygens (including phenoxy) is 2. The SMILES string of the molecule is COc1cc(/C=C/c2cncs2)cc(OC)c1C1=CCCC1. The van der Waals surface area contributed by atoms with E-state index in [0.29, 0.717) is 0 Å². The summed E-state index contributed by atoms with van der Waals surface area (Å²) in [5, 5.41) is 0. The monoisotopic (exact) mass is 313 g/mol. The summed E-state index contributed by atoms with van der Waals surface area (Å²) in [5.74, 6) is 1.74. The number of hydrogen-bond donors (Lipinski definition) is 0. The van der Waals surface area contributed by atoms with E-state index in [4.69, 9.17) is 9.47 Å². The molecule has 1 heterocycles. The molecule has 1 aliphatic rings. The van der Waals surface area contributed by atoms with Crippen molar-refractivity contribution < 1.29 is 9.47 Å². The standard InChI is InChI=1S/C18H19NO2S/c1-20-16-9-13(7-8-15-11-19-12-22-15)10-17(21-2)18(16)14-5-3-4-6-14/h5,7-12H,3-4,6H2,1-2H3/b8-7+. The topological polar surface area (TPSA) is 31.4 Å². The van der Waals surface area contributed by atoms with Gasteiger partial charge in [0.05, 0.1) is 25.3 Å². The number of methoxy groups -OCH3 is 2. The van der Waals surface area contributed by atoms with E-state index in [-0.39, 0.29) is 0 Å². The van der Waals surface area contributed by atoms with Crippen molar-refractivity contribution in [2.24, 2.45) is 0 Å². The normalized spacial score (nSPS) is 14.4. The van der Waals surface area contributed by atoms with Crippen molar-refractivity contribution in [1.82, 2.24) is 4.98 Å². The highest BCUT2D eigenvalue weighted by atomic mass is 32.1. The Kier molecular flexibility index (Phi) is 4.59. The summed E-state index contributed by atoms with van der Waals surface area (Å²) in [4.78, 5) is 5.20. The van der Waals surface area contributed by atoms with Crippen molar-refractivity contribution in [3.63, 3.8) is 0 Å². The van der Waals surface area contributed by atoms with E-state index < -0.39 is 0 Å². The van der Waals surface area contributed by atoms with E-state index in [1.807, 2.05) is 11.7 Å². The van der Waals surface area contributed by atoms with Crippen LogP contribution in [0.5, 0.6) is 11.5 Å². The van der Waals surface area contributed by atoms with Crippen molar-refractivity contribution in [1.29, 1.82) is 0 Å². The molecular weight excluding hydrogens is 294 g/mol. The Hall–Kier alpha value is -2.07. The van der Waals surface area contributed by atoms with Gasteiger partial charge in [0.1, 0.15) is 11.5 Å². The molecule has 4 heteroatoms. The maximum Gasteiger partial charge on any atom is 0.130 e. The van der Waals surface area contributed by atoms with Gasteiger partial charge >= 0.3 is 0 Å². The fourth-order valence-corrected chi connectivity index (χ4v) is 3.24. The number of hydrogen-bond acceptors (Lipinski definition) is 4. The lowest BCUT2D eigenvalue weighted by molar-refractivity contribution is 0.391. The summed E-state index contributed by atoms with van der Waals surface area (Å²) in [6, 6.07) is 4.13. The molecule has 114 valence electrons. The van der Waals surface area contributed by atoms with E-state index in [2.05, 4.69) is 35.3 Å². The molecule has 1 aliphatic carbocycles. The third-order valence-electron chi connectivity index (χ3n) is 3.78. The second kappa shape index (κ2) is 6.79. The van der Waals surface area contributed by atoms with Crippen molar-refractivity contribution >= 4 is 29.1 Å². The van der Waals surface area contributed by atoms with Gasteiger partial charge in [-0.2, -0.15) is 0 Å². The lowest BCUT2D eigenvalue weighted by atomic mass is 10.00. The van der Waals surface area contributed by atoms with Crippen LogP contribution in [0.3, 0.4) is 0 Å². The van der Waals surface area contributed by atoms with Crippen LogP contribution in [0.25, 0.3) is 17.7 Å². The van der Waals surface area contributed by atoms with Gasteiger partial charge in [0.15, 0.2) is 0 Å². The minimum atomic E-state index is 0.872. The first kappa shape index (κ1) is 14.9. The van der Waals surface area contributed by atoms with Gasteiger partial charge in [-0.05, 0) is 48.6 Å². The van der Waals surface area contributed by atoms with Crippen LogP contribution in [0.1, 0.15) is 35.3 Å². The molecule has 0 saturated carbocycles. The Bertz CT molecular complexity index is 677. The number of thiazole rings is 1. The van der Waals surface area contributed by atoms with E-state index in [1.165, 1.54) is 12.0 Å². The molecule has 1 aromatic carbocycles. The van der Waals surface area contributed by atoms with Gasteiger partial charge in [-0.15, -0.1) is 11.3 Å². The second-order valence-electron chi connectivity index (χ2n) is 5.16. The van der Waals surface area contributed by atoms with Crippen LogP contribution >= 0.6 is 11.3 Å². The summed E-state index contributed by atoms with van der Waals surface area (Å²) >= 11 is 1.62. The van der Waals surface area contributed by atoms with Gasteiger partial charge in [0, 0.05) is 11.1 Å². The van der Waals surface area contributed by atoms with Gasteiger partial charge in [-0.1, -0.05) is 12.2 Å². The summed E-state index contributed by atoms with van der Waals surface area (Å²) in [7, 11) is 3.43. The maximum absolute atomic E-state index is 5.61. The molecule has 3 rings (SSSR count). The van der Waals surface area contributed by atoms with Crippen molar-refractivity contribution in [2.45, 2.75) is 19.3 Å². The quantitative estimate of drug-likeness (QED) is 0.787. The highest BCUT2D eigenvalue weighted by Gasteiger charge is 2.18. The molecule has 0 saturated heterocycles. The molecule has 0 aliphatic heterocycles. The Labute approximate surface area is 134 Å². The third-order valence-corrected chi connectivity index (χ3v) is 4.52. The van der Waals surface area contributed by atoms with Crippen LogP contribution in [-0.2, 0) is 0 Å². The van der Waals surface area contributed by atoms with E-state index in [9.17, 15) is 0 Å². The summed E-state index contributed by atoms with van der Waals surface area (Å²) < 4.78 is 11.2. The molecule has 3 nitrogen and oxygen atoms in total. The molecule has 0 atom stereocenters. The fraction of sp³-hybridized carbons (Fsp3) is 0.278. The van der Waals surface area contributed by atoms with Crippen LogP contribution in [0.4, 0.5) is 0 Å². The molecule has 0 N–H and O–H groups in total. The number of aromatic nitrogens is 1. The minimum Gasteiger partial charge on any atom is -0.496 e. The number of allylic oxidation sites excluding steroid dienone is 2. The fourth-order valence-electron chi connectivity index (χ4n) is 2.73. The Morgan fingerprint density at radius 3 is 2.45 bits per heavy atom. The lowest BCUT2D eigenvalue weighted by Gasteiger charge is -2.15. The van der Waals surface area contributed by atoms with Crippen molar-refractivity contribution in [3.8, 4) is 11.5 Å². The smallest absolute Gasteiger partial charge is 0.130 e. The zero-order valence-corrected chi connectivity index (χ0v) is 13.7. The minimum absolute atomic E-state index is 0.872. The van der Waals surface area contributed by atoms with E-state index in [1.54, 1.807) is 25.6 Å². The first-order valence-electron chi connectivity index (χ1n) is 7.34. The summed E-state index contributed by atoms with van der Waals surface area (Å²) in [5.41, 5.74) is 5.31. The summed E-state index contributed by atoms with van der Waals surface area (Å²) in [6.45, 7) is 0. The van der Waals surface area contributed by atoms with Crippen LogP contribution in [0.15, 0.2) is 29.9 Å². The average molecular weight is 313 g/mol. The van der Waals surface area contributed by atoms with Crippen molar-refractivity contribution in [2.75, 3.05) is 14.2 Å². The molecular formula is C18H19NO2S. The third kappa shape index (κ3) is 3.07. The molecule has 0 spiro atoms. The maximum atomic E-state index is 5.61. The van der Waals surface area contributed by atoms with E-state index in [0.717, 1.165) is 40.3 Å². The van der Waals surface area contributed by atoms with Gasteiger partial charge in [0.25, 0.3) is 0 Å². The van der Waals surface area contributed by atoms with E-state index >= 15 is 0 Å². The Morgan fingerprint density at radius 2 is 1.91 bits per heavy atom. The molecule has 0 amide bonds. The first-order chi connectivity index (χ1) is 10.8. The van der Waals surface area contributed by atoms with Crippen LogP contribution in [0.2, 0.25) is 0 Å². The highest BCUT2D eigenvalue weighted by Crippen LogP contribution is 2.41. The molecule has 0 fully saturated rings. The zero-order valence-electron chi connectivity index (χ0n) is 12.8. The first-order valence-corrected chi connectivity index (χ1v) is 8.22. The Morgan fingerprint density at radius 1 is 1.14 bits per heavy atom. The molecule has 2 aromatic rings. The van der Waals surface area contributed by atoms with Gasteiger partial charge in [-0.3, -0.25) is 4.98 Å². The average Bonchev–Trinajstić information content (AvgIpc) is 3.25. The molecule has 1 aromatic heterocycles. The number of nitrogens with zero attached hydrogens (tertiary/aromatic N) is 1. The molecule has 0 bridgehead atoms. The van der Waals surface area contributed by atoms with Gasteiger partial charge in [-0.25, -0.2) is 0 Å². The number of benzene rings is 1. The van der Waals surface area contributed by atoms with Crippen LogP contribution in [-0.4, -0.2) is 19.2 Å². The lowest BCUT2D eigenvalue weighted by Crippen LogP contribution is -1.96. The predicted molar refractivity (Wildman–Crippen MR) is 92.4 cm³/mol. The van der Waals surface area contributed by atoms with Crippen molar-refractivity contribution in [3.05, 3.63) is 45.9 Å². The number of rotatable bonds is 5. The molecule has 22 heavy (non-hydrogen) atoms. The highest BCUT2D eigenvalue weighted by molar-refractivity contribution is 7.10. The largest absolute Gasteiger partial charge is 0.496 e. The Balaban J connectivity index is 1.99. The summed E-state index contributed by atoms with van der Waals surface area (Å²) in [6.07, 6.45) is 11.7.